The summed E-state index contributed by atoms with van der Waals surface area (Å²) in [6.45, 7) is 2.83. The molecule has 1 unspecified atom stereocenters. The highest BCUT2D eigenvalue weighted by atomic mass is 19.1. The number of halogens is 1. The second-order valence-corrected chi connectivity index (χ2v) is 6.32. The summed E-state index contributed by atoms with van der Waals surface area (Å²) in [6, 6.07) is 6.37. The molecule has 0 saturated heterocycles. The average molecular weight is 330 g/mol. The number of carbonyl (C=O) groups excluding carboxylic acids is 1. The summed E-state index contributed by atoms with van der Waals surface area (Å²) in [6.07, 6.45) is 5.05. The van der Waals surface area contributed by atoms with Gasteiger partial charge in [0.2, 0.25) is 5.91 Å². The molecule has 1 atom stereocenters. The Hall–Kier alpha value is -2.24. The van der Waals surface area contributed by atoms with Crippen molar-refractivity contribution in [2.75, 3.05) is 0 Å². The molecular weight excluding hydrogens is 307 g/mol. The van der Waals surface area contributed by atoms with E-state index in [1.54, 1.807) is 18.2 Å². The first-order valence-electron chi connectivity index (χ1n) is 8.60. The van der Waals surface area contributed by atoms with Crippen molar-refractivity contribution in [3.8, 4) is 0 Å². The summed E-state index contributed by atoms with van der Waals surface area (Å²) in [7, 11) is 0. The number of nitrogens with one attached hydrogen (secondary N) is 1. The average Bonchev–Trinajstić information content (AvgIpc) is 2.83. The molecule has 1 N–H and O–H groups in total. The first-order chi connectivity index (χ1) is 11.6. The standard InChI is InChI=1S/C18H23FN4O/c1-13(18-22-21-16-9-3-2-6-12-23(16)18)20-17(24)11-10-14-7-4-5-8-15(14)19/h4-5,7-8,13H,2-3,6,9-12H2,1H3,(H,20,24). The molecule has 0 fully saturated rings. The van der Waals surface area contributed by atoms with E-state index in [1.165, 1.54) is 12.5 Å². The van der Waals surface area contributed by atoms with Gasteiger partial charge in [-0.1, -0.05) is 24.6 Å². The van der Waals surface area contributed by atoms with Crippen molar-refractivity contribution in [1.29, 1.82) is 0 Å². The van der Waals surface area contributed by atoms with Gasteiger partial charge in [-0.15, -0.1) is 10.2 Å². The predicted octanol–water partition coefficient (Wildman–Crippen LogP) is 2.95. The molecule has 0 aliphatic carbocycles. The molecule has 128 valence electrons. The van der Waals surface area contributed by atoms with Crippen LogP contribution in [0.3, 0.4) is 0 Å². The summed E-state index contributed by atoms with van der Waals surface area (Å²) in [4.78, 5) is 12.2. The maximum atomic E-state index is 13.6. The predicted molar refractivity (Wildman–Crippen MR) is 88.9 cm³/mol. The van der Waals surface area contributed by atoms with E-state index in [4.69, 9.17) is 0 Å². The lowest BCUT2D eigenvalue weighted by Crippen LogP contribution is -2.29. The molecule has 1 aromatic heterocycles. The number of aryl methyl sites for hydroxylation is 2. The molecule has 0 saturated carbocycles. The molecule has 3 rings (SSSR count). The van der Waals surface area contributed by atoms with E-state index in [1.807, 2.05) is 6.92 Å². The lowest BCUT2D eigenvalue weighted by atomic mass is 10.1. The fourth-order valence-electron chi connectivity index (χ4n) is 3.16. The monoisotopic (exact) mass is 330 g/mol. The van der Waals surface area contributed by atoms with Gasteiger partial charge in [-0.2, -0.15) is 0 Å². The largest absolute Gasteiger partial charge is 0.346 e. The van der Waals surface area contributed by atoms with Crippen LogP contribution in [0.15, 0.2) is 24.3 Å². The number of carbonyl (C=O) groups is 1. The van der Waals surface area contributed by atoms with Crippen LogP contribution >= 0.6 is 0 Å². The molecule has 2 aromatic rings. The van der Waals surface area contributed by atoms with E-state index in [9.17, 15) is 9.18 Å². The van der Waals surface area contributed by atoms with Crippen LogP contribution in [0.2, 0.25) is 0 Å². The number of fused-ring (bicyclic) bond motifs is 1. The first-order valence-corrected chi connectivity index (χ1v) is 8.60. The molecule has 6 heteroatoms. The highest BCUT2D eigenvalue weighted by Gasteiger charge is 2.20. The second kappa shape index (κ2) is 7.55. The van der Waals surface area contributed by atoms with Gasteiger partial charge >= 0.3 is 0 Å². The number of hydrogen-bond acceptors (Lipinski definition) is 3. The van der Waals surface area contributed by atoms with E-state index in [2.05, 4.69) is 20.1 Å². The van der Waals surface area contributed by atoms with Crippen LogP contribution in [0, 0.1) is 5.82 Å². The van der Waals surface area contributed by atoms with Gasteiger partial charge in [-0.05, 0) is 37.8 Å². The van der Waals surface area contributed by atoms with E-state index in [0.29, 0.717) is 12.0 Å². The van der Waals surface area contributed by atoms with Gasteiger partial charge < -0.3 is 9.88 Å². The summed E-state index contributed by atoms with van der Waals surface area (Å²) < 4.78 is 15.7. The Bertz CT molecular complexity index is 713. The highest BCUT2D eigenvalue weighted by molar-refractivity contribution is 5.76. The van der Waals surface area contributed by atoms with Gasteiger partial charge in [0, 0.05) is 19.4 Å². The molecule has 1 aliphatic rings. The fourth-order valence-corrected chi connectivity index (χ4v) is 3.16. The lowest BCUT2D eigenvalue weighted by Gasteiger charge is -2.15. The van der Waals surface area contributed by atoms with Crippen molar-refractivity contribution < 1.29 is 9.18 Å². The third-order valence-electron chi connectivity index (χ3n) is 4.48. The Morgan fingerprint density at radius 3 is 2.96 bits per heavy atom. The van der Waals surface area contributed by atoms with Crippen molar-refractivity contribution in [2.45, 2.75) is 58.0 Å². The Morgan fingerprint density at radius 1 is 1.29 bits per heavy atom. The molecule has 5 nitrogen and oxygen atoms in total. The fraction of sp³-hybridized carbons (Fsp3) is 0.500. The Balaban J connectivity index is 1.58. The molecule has 24 heavy (non-hydrogen) atoms. The first kappa shape index (κ1) is 16.6. The quantitative estimate of drug-likeness (QED) is 0.917. The third-order valence-corrected chi connectivity index (χ3v) is 4.48. The number of nitrogens with zero attached hydrogens (tertiary/aromatic N) is 3. The van der Waals surface area contributed by atoms with Gasteiger partial charge in [0.25, 0.3) is 0 Å². The zero-order valence-corrected chi connectivity index (χ0v) is 14.0. The number of benzene rings is 1. The van der Waals surface area contributed by atoms with Gasteiger partial charge in [0.1, 0.15) is 11.6 Å². The molecule has 1 aliphatic heterocycles. The van der Waals surface area contributed by atoms with Crippen LogP contribution in [0.5, 0.6) is 0 Å². The van der Waals surface area contributed by atoms with Crippen LogP contribution in [0.1, 0.15) is 55.9 Å². The molecule has 2 heterocycles. The lowest BCUT2D eigenvalue weighted by molar-refractivity contribution is -0.121. The maximum absolute atomic E-state index is 13.6. The van der Waals surface area contributed by atoms with Gasteiger partial charge in [0.15, 0.2) is 5.82 Å². The number of amides is 1. The van der Waals surface area contributed by atoms with E-state index in [0.717, 1.165) is 37.5 Å². The summed E-state index contributed by atoms with van der Waals surface area (Å²) >= 11 is 0. The minimum Gasteiger partial charge on any atom is -0.346 e. The van der Waals surface area contributed by atoms with Gasteiger partial charge in [-0.25, -0.2) is 4.39 Å². The maximum Gasteiger partial charge on any atom is 0.220 e. The zero-order chi connectivity index (χ0) is 16.9. The van der Waals surface area contributed by atoms with Crippen molar-refractivity contribution in [3.63, 3.8) is 0 Å². The topological polar surface area (TPSA) is 59.8 Å². The van der Waals surface area contributed by atoms with Crippen LogP contribution in [0.25, 0.3) is 0 Å². The van der Waals surface area contributed by atoms with Crippen molar-refractivity contribution in [2.24, 2.45) is 0 Å². The van der Waals surface area contributed by atoms with E-state index >= 15 is 0 Å². The van der Waals surface area contributed by atoms with Gasteiger partial charge in [0.05, 0.1) is 6.04 Å². The highest BCUT2D eigenvalue weighted by Crippen LogP contribution is 2.18. The summed E-state index contributed by atoms with van der Waals surface area (Å²) in [5, 5.41) is 11.5. The van der Waals surface area contributed by atoms with Crippen molar-refractivity contribution in [3.05, 3.63) is 47.3 Å². The SMILES string of the molecule is CC(NC(=O)CCc1ccccc1F)c1nnc2n1CCCCC2. The Labute approximate surface area is 141 Å². The zero-order valence-electron chi connectivity index (χ0n) is 14.0. The minimum atomic E-state index is -0.263. The number of aromatic nitrogens is 3. The Kier molecular flexibility index (Phi) is 5.23. The van der Waals surface area contributed by atoms with Crippen LogP contribution in [0.4, 0.5) is 4.39 Å². The number of hydrogen-bond donors (Lipinski definition) is 1. The molecule has 1 amide bonds. The van der Waals surface area contributed by atoms with Gasteiger partial charge in [-0.3, -0.25) is 4.79 Å². The number of rotatable bonds is 5. The smallest absolute Gasteiger partial charge is 0.220 e. The normalized spacial score (nSPS) is 15.4. The summed E-state index contributed by atoms with van der Waals surface area (Å²) in [5.41, 5.74) is 0.566. The molecule has 0 bridgehead atoms. The second-order valence-electron chi connectivity index (χ2n) is 6.32. The Morgan fingerprint density at radius 2 is 2.12 bits per heavy atom. The minimum absolute atomic E-state index is 0.100. The van der Waals surface area contributed by atoms with E-state index in [-0.39, 0.29) is 24.2 Å². The molecule has 0 spiro atoms. The van der Waals surface area contributed by atoms with E-state index < -0.39 is 0 Å². The molecular formula is C18H23FN4O. The van der Waals surface area contributed by atoms with Crippen LogP contribution in [-0.4, -0.2) is 20.7 Å². The molecule has 1 aromatic carbocycles. The van der Waals surface area contributed by atoms with Crippen LogP contribution in [-0.2, 0) is 24.2 Å². The summed E-state index contributed by atoms with van der Waals surface area (Å²) in [5.74, 6) is 1.46. The van der Waals surface area contributed by atoms with Crippen LogP contribution < -0.4 is 5.32 Å². The molecule has 0 radical (unpaired) electrons. The van der Waals surface area contributed by atoms with Crippen molar-refractivity contribution >= 4 is 5.91 Å². The van der Waals surface area contributed by atoms with Crippen molar-refractivity contribution in [1.82, 2.24) is 20.1 Å². The third kappa shape index (κ3) is 3.80.